The molecule has 0 fully saturated rings. The maximum atomic E-state index is 6.18. The largest absolute Gasteiger partial charge is 0.374 e. The number of nitrogens with zero attached hydrogens (tertiary/aromatic N) is 1. The number of benzene rings is 1. The fourth-order valence-corrected chi connectivity index (χ4v) is 3.07. The first kappa shape index (κ1) is 16.3. The number of halogens is 1. The van der Waals surface area contributed by atoms with Crippen molar-refractivity contribution in [1.82, 2.24) is 5.32 Å². The third kappa shape index (κ3) is 5.03. The molecular weight excluding hydrogens is 300 g/mol. The van der Waals surface area contributed by atoms with Crippen LogP contribution in [0.3, 0.4) is 0 Å². The van der Waals surface area contributed by atoms with Gasteiger partial charge in [0.25, 0.3) is 0 Å². The van der Waals surface area contributed by atoms with E-state index in [0.29, 0.717) is 6.04 Å². The van der Waals surface area contributed by atoms with Crippen LogP contribution in [0, 0.1) is 0 Å². The Morgan fingerprint density at radius 2 is 2.10 bits per heavy atom. The lowest BCUT2D eigenvalue weighted by molar-refractivity contribution is 0.588. The van der Waals surface area contributed by atoms with Gasteiger partial charge in [-0.05, 0) is 35.6 Å². The highest BCUT2D eigenvalue weighted by Crippen LogP contribution is 2.25. The van der Waals surface area contributed by atoms with Crippen LogP contribution in [0.15, 0.2) is 35.7 Å². The van der Waals surface area contributed by atoms with Gasteiger partial charge in [0.1, 0.15) is 0 Å². The summed E-state index contributed by atoms with van der Waals surface area (Å²) in [5.41, 5.74) is 2.51. The Labute approximate surface area is 136 Å². The maximum Gasteiger partial charge on any atom is 0.0426 e. The molecule has 0 spiro atoms. The highest BCUT2D eigenvalue weighted by atomic mass is 35.5. The third-order valence-electron chi connectivity index (χ3n) is 3.43. The van der Waals surface area contributed by atoms with Crippen LogP contribution >= 0.6 is 22.9 Å². The molecule has 21 heavy (non-hydrogen) atoms. The molecule has 0 saturated carbocycles. The summed E-state index contributed by atoms with van der Waals surface area (Å²) in [5.74, 6) is 0. The fraction of sp³-hybridized carbons (Fsp3) is 0.412. The molecular formula is C17H23ClN2S. The molecule has 1 N–H and O–H groups in total. The van der Waals surface area contributed by atoms with Crippen LogP contribution in [0.2, 0.25) is 5.02 Å². The molecule has 2 nitrogen and oxygen atoms in total. The van der Waals surface area contributed by atoms with Crippen LogP contribution in [0.5, 0.6) is 0 Å². The van der Waals surface area contributed by atoms with E-state index in [1.54, 1.807) is 0 Å². The molecule has 1 aromatic carbocycles. The minimum Gasteiger partial charge on any atom is -0.374 e. The van der Waals surface area contributed by atoms with Gasteiger partial charge in [0.2, 0.25) is 0 Å². The Hall–Kier alpha value is -1.03. The molecule has 0 saturated heterocycles. The average molecular weight is 323 g/mol. The van der Waals surface area contributed by atoms with E-state index in [4.69, 9.17) is 11.6 Å². The first-order valence-electron chi connectivity index (χ1n) is 7.31. The monoisotopic (exact) mass is 322 g/mol. The highest BCUT2D eigenvalue weighted by molar-refractivity contribution is 7.09. The van der Waals surface area contributed by atoms with E-state index < -0.39 is 0 Å². The van der Waals surface area contributed by atoms with Crippen molar-refractivity contribution in [2.45, 2.75) is 32.9 Å². The van der Waals surface area contributed by atoms with Crippen molar-refractivity contribution >= 4 is 28.6 Å². The summed E-state index contributed by atoms with van der Waals surface area (Å²) in [6, 6.07) is 10.9. The number of likely N-dealkylation sites (N-methyl/N-ethyl adjacent to an activating group) is 1. The van der Waals surface area contributed by atoms with E-state index in [2.05, 4.69) is 60.8 Å². The number of thiophene rings is 1. The summed E-state index contributed by atoms with van der Waals surface area (Å²) >= 11 is 7.99. The van der Waals surface area contributed by atoms with Gasteiger partial charge < -0.3 is 10.2 Å². The molecule has 0 aliphatic heterocycles. The first-order valence-corrected chi connectivity index (χ1v) is 8.57. The van der Waals surface area contributed by atoms with E-state index in [0.717, 1.165) is 24.5 Å². The Kier molecular flexibility index (Phi) is 6.09. The Balaban J connectivity index is 2.06. The van der Waals surface area contributed by atoms with E-state index >= 15 is 0 Å². The summed E-state index contributed by atoms with van der Waals surface area (Å²) in [4.78, 5) is 3.72. The van der Waals surface area contributed by atoms with Crippen molar-refractivity contribution < 1.29 is 0 Å². The van der Waals surface area contributed by atoms with Crippen LogP contribution in [-0.2, 0) is 13.0 Å². The van der Waals surface area contributed by atoms with Crippen molar-refractivity contribution in [1.29, 1.82) is 0 Å². The number of anilines is 1. The van der Waals surface area contributed by atoms with Crippen molar-refractivity contribution in [3.63, 3.8) is 0 Å². The third-order valence-corrected chi connectivity index (χ3v) is 4.60. The number of rotatable bonds is 7. The summed E-state index contributed by atoms with van der Waals surface area (Å²) in [5, 5.41) is 6.40. The lowest BCUT2D eigenvalue weighted by Crippen LogP contribution is -2.25. The van der Waals surface area contributed by atoms with Crippen molar-refractivity contribution in [3.05, 3.63) is 51.2 Å². The summed E-state index contributed by atoms with van der Waals surface area (Å²) < 4.78 is 0. The molecule has 4 heteroatoms. The van der Waals surface area contributed by atoms with Gasteiger partial charge in [0, 0.05) is 41.8 Å². The van der Waals surface area contributed by atoms with Crippen LogP contribution in [0.25, 0.3) is 0 Å². The molecule has 1 aromatic heterocycles. The SMILES string of the molecule is CC(C)NCc1ccc(Cl)cc1N(C)CCc1cccs1. The fourth-order valence-electron chi connectivity index (χ4n) is 2.21. The Morgan fingerprint density at radius 1 is 1.29 bits per heavy atom. The van der Waals surface area contributed by atoms with E-state index in [1.165, 1.54) is 16.1 Å². The van der Waals surface area contributed by atoms with Gasteiger partial charge in [0.15, 0.2) is 0 Å². The van der Waals surface area contributed by atoms with Gasteiger partial charge >= 0.3 is 0 Å². The van der Waals surface area contributed by atoms with Gasteiger partial charge in [-0.3, -0.25) is 0 Å². The summed E-state index contributed by atoms with van der Waals surface area (Å²) in [7, 11) is 2.14. The van der Waals surface area contributed by atoms with Crippen LogP contribution in [0.4, 0.5) is 5.69 Å². The molecule has 0 aliphatic carbocycles. The van der Waals surface area contributed by atoms with Gasteiger partial charge in [-0.25, -0.2) is 0 Å². The Bertz CT molecular complexity index is 552. The van der Waals surface area contributed by atoms with Crippen molar-refractivity contribution in [2.75, 3.05) is 18.5 Å². The van der Waals surface area contributed by atoms with Crippen LogP contribution < -0.4 is 10.2 Å². The maximum absolute atomic E-state index is 6.18. The smallest absolute Gasteiger partial charge is 0.0426 e. The second kappa shape index (κ2) is 7.83. The highest BCUT2D eigenvalue weighted by Gasteiger charge is 2.09. The van der Waals surface area contributed by atoms with Crippen LogP contribution in [-0.4, -0.2) is 19.6 Å². The predicted molar refractivity (Wildman–Crippen MR) is 94.7 cm³/mol. The van der Waals surface area contributed by atoms with Gasteiger partial charge in [-0.15, -0.1) is 11.3 Å². The molecule has 0 radical (unpaired) electrons. The van der Waals surface area contributed by atoms with E-state index in [1.807, 2.05) is 17.4 Å². The molecule has 0 unspecified atom stereocenters. The zero-order valence-corrected chi connectivity index (χ0v) is 14.5. The van der Waals surface area contributed by atoms with Gasteiger partial charge in [0.05, 0.1) is 0 Å². The minimum absolute atomic E-state index is 0.477. The standard InChI is InChI=1S/C17H23ClN2S/c1-13(2)19-12-14-6-7-15(18)11-17(14)20(3)9-8-16-5-4-10-21-16/h4-7,10-11,13,19H,8-9,12H2,1-3H3. The molecule has 2 rings (SSSR count). The first-order chi connectivity index (χ1) is 10.1. The van der Waals surface area contributed by atoms with Crippen LogP contribution in [0.1, 0.15) is 24.3 Å². The zero-order valence-electron chi connectivity index (χ0n) is 12.9. The summed E-state index contributed by atoms with van der Waals surface area (Å²) in [6.45, 7) is 6.19. The molecule has 0 amide bonds. The lowest BCUT2D eigenvalue weighted by atomic mass is 10.1. The lowest BCUT2D eigenvalue weighted by Gasteiger charge is -2.23. The minimum atomic E-state index is 0.477. The quantitative estimate of drug-likeness (QED) is 0.802. The number of nitrogens with one attached hydrogen (secondary N) is 1. The second-order valence-corrected chi connectivity index (χ2v) is 7.03. The summed E-state index contributed by atoms with van der Waals surface area (Å²) in [6.07, 6.45) is 1.07. The van der Waals surface area contributed by atoms with E-state index in [-0.39, 0.29) is 0 Å². The topological polar surface area (TPSA) is 15.3 Å². The second-order valence-electron chi connectivity index (χ2n) is 5.56. The molecule has 1 heterocycles. The molecule has 0 bridgehead atoms. The van der Waals surface area contributed by atoms with E-state index in [9.17, 15) is 0 Å². The molecule has 0 atom stereocenters. The molecule has 0 aliphatic rings. The van der Waals surface area contributed by atoms with Gasteiger partial charge in [-0.1, -0.05) is 37.6 Å². The predicted octanol–water partition coefficient (Wildman–Crippen LogP) is 4.58. The van der Waals surface area contributed by atoms with Crippen molar-refractivity contribution in [3.8, 4) is 0 Å². The number of hydrogen-bond donors (Lipinski definition) is 1. The molecule has 114 valence electrons. The van der Waals surface area contributed by atoms with Crippen molar-refractivity contribution in [2.24, 2.45) is 0 Å². The zero-order chi connectivity index (χ0) is 15.2. The Morgan fingerprint density at radius 3 is 2.76 bits per heavy atom. The normalized spacial score (nSPS) is 11.1. The molecule has 2 aromatic rings. The number of hydrogen-bond acceptors (Lipinski definition) is 3. The average Bonchev–Trinajstić information content (AvgIpc) is 2.96. The van der Waals surface area contributed by atoms with Gasteiger partial charge in [-0.2, -0.15) is 0 Å².